The minimum absolute atomic E-state index is 0.00922. The Hall–Kier alpha value is -3.00. The van der Waals surface area contributed by atoms with Crippen molar-refractivity contribution < 1.29 is 27.2 Å². The molecule has 0 bridgehead atoms. The molecule has 1 N–H and O–H groups in total. The first-order valence-electron chi connectivity index (χ1n) is 8.06. The molecule has 9 heteroatoms. The molecule has 3 aromatic rings. The highest BCUT2D eigenvalue weighted by Crippen LogP contribution is 2.31. The van der Waals surface area contributed by atoms with Crippen LogP contribution < -0.4 is 10.1 Å². The number of alkyl halides is 3. The molecule has 1 amide bonds. The highest BCUT2D eigenvalue weighted by atomic mass is 35.5. The van der Waals surface area contributed by atoms with Gasteiger partial charge in [0.15, 0.2) is 5.69 Å². The fraction of sp³-hybridized carbons (Fsp3) is 0.158. The first kappa shape index (κ1) is 19.8. The molecule has 0 unspecified atom stereocenters. The summed E-state index contributed by atoms with van der Waals surface area (Å²) in [6, 6.07) is 10.9. The normalized spacial score (nSPS) is 11.3. The van der Waals surface area contributed by atoms with Crippen LogP contribution in [0.2, 0.25) is 5.02 Å². The molecule has 0 aliphatic carbocycles. The second-order valence-corrected chi connectivity index (χ2v) is 6.28. The molecule has 0 aliphatic rings. The van der Waals surface area contributed by atoms with Gasteiger partial charge in [0.25, 0.3) is 5.91 Å². The lowest BCUT2D eigenvalue weighted by Gasteiger charge is -2.10. The van der Waals surface area contributed by atoms with E-state index in [-0.39, 0.29) is 18.0 Å². The van der Waals surface area contributed by atoms with Gasteiger partial charge in [-0.15, -0.1) is 0 Å². The van der Waals surface area contributed by atoms with Gasteiger partial charge in [0, 0.05) is 10.7 Å². The van der Waals surface area contributed by atoms with Crippen molar-refractivity contribution in [2.75, 3.05) is 5.32 Å². The number of ether oxygens (including phenoxy) is 1. The quantitative estimate of drug-likeness (QED) is 0.604. The molecule has 0 saturated carbocycles. The predicted molar refractivity (Wildman–Crippen MR) is 96.4 cm³/mol. The van der Waals surface area contributed by atoms with Crippen molar-refractivity contribution in [1.82, 2.24) is 5.16 Å². The zero-order chi connectivity index (χ0) is 20.3. The van der Waals surface area contributed by atoms with E-state index < -0.39 is 17.6 Å². The van der Waals surface area contributed by atoms with Crippen LogP contribution in [0.1, 0.15) is 27.4 Å². The molecular weight excluding hydrogens is 397 g/mol. The molecule has 0 spiro atoms. The number of aryl methyl sites for hydroxylation is 1. The molecule has 0 saturated heterocycles. The lowest BCUT2D eigenvalue weighted by atomic mass is 10.1. The molecule has 146 valence electrons. The topological polar surface area (TPSA) is 64.4 Å². The lowest BCUT2D eigenvalue weighted by molar-refractivity contribution is -0.137. The van der Waals surface area contributed by atoms with Gasteiger partial charge in [0.1, 0.15) is 18.1 Å². The number of nitrogens with one attached hydrogen (secondary N) is 1. The number of rotatable bonds is 5. The minimum Gasteiger partial charge on any atom is -0.489 e. The van der Waals surface area contributed by atoms with Crippen molar-refractivity contribution >= 4 is 23.2 Å². The summed E-state index contributed by atoms with van der Waals surface area (Å²) in [5.41, 5.74) is -0.554. The van der Waals surface area contributed by atoms with E-state index in [9.17, 15) is 18.0 Å². The van der Waals surface area contributed by atoms with Crippen molar-refractivity contribution in [2.24, 2.45) is 0 Å². The average Bonchev–Trinajstić information content (AvgIpc) is 3.01. The van der Waals surface area contributed by atoms with Crippen LogP contribution in [0.15, 0.2) is 53.1 Å². The van der Waals surface area contributed by atoms with E-state index in [1.165, 1.54) is 12.1 Å². The molecule has 1 aromatic heterocycles. The van der Waals surface area contributed by atoms with Crippen LogP contribution in [0.4, 0.5) is 18.9 Å². The summed E-state index contributed by atoms with van der Waals surface area (Å²) in [5, 5.41) is 6.65. The smallest absolute Gasteiger partial charge is 0.416 e. The summed E-state index contributed by atoms with van der Waals surface area (Å²) in [7, 11) is 0. The van der Waals surface area contributed by atoms with Gasteiger partial charge < -0.3 is 14.6 Å². The van der Waals surface area contributed by atoms with Crippen molar-refractivity contribution in [1.29, 1.82) is 0 Å². The van der Waals surface area contributed by atoms with Crippen molar-refractivity contribution in [3.63, 3.8) is 0 Å². The van der Waals surface area contributed by atoms with E-state index in [4.69, 9.17) is 20.9 Å². The predicted octanol–water partition coefficient (Wildman–Crippen LogP) is 5.49. The van der Waals surface area contributed by atoms with Gasteiger partial charge in [-0.2, -0.15) is 13.2 Å². The average molecular weight is 411 g/mol. The minimum atomic E-state index is -4.51. The molecule has 0 atom stereocenters. The Bertz CT molecular complexity index is 985. The molecule has 5 nitrogen and oxygen atoms in total. The first-order chi connectivity index (χ1) is 13.2. The van der Waals surface area contributed by atoms with Crippen LogP contribution in [-0.2, 0) is 12.8 Å². The molecule has 0 radical (unpaired) electrons. The molecule has 0 aliphatic heterocycles. The number of halogens is 4. The standard InChI is InChI=1S/C19H14ClF3N2O3/c1-11-16(10-27-15-7-5-13(20)6-8-15)17(25-28-11)18(26)24-14-4-2-3-12(9-14)19(21,22)23/h2-9H,10H2,1H3,(H,24,26). The van der Waals surface area contributed by atoms with Gasteiger partial charge >= 0.3 is 6.18 Å². The number of aromatic nitrogens is 1. The van der Waals surface area contributed by atoms with Crippen molar-refractivity contribution in [2.45, 2.75) is 19.7 Å². The molecule has 0 fully saturated rings. The number of hydrogen-bond donors (Lipinski definition) is 1. The van der Waals surface area contributed by atoms with Crippen LogP contribution in [0, 0.1) is 6.92 Å². The van der Waals surface area contributed by atoms with Crippen molar-refractivity contribution in [3.8, 4) is 5.75 Å². The Morgan fingerprint density at radius 1 is 1.21 bits per heavy atom. The summed E-state index contributed by atoms with van der Waals surface area (Å²) in [4.78, 5) is 12.5. The molecule has 28 heavy (non-hydrogen) atoms. The SMILES string of the molecule is Cc1onc(C(=O)Nc2cccc(C(F)(F)F)c2)c1COc1ccc(Cl)cc1. The van der Waals surface area contributed by atoms with E-state index in [2.05, 4.69) is 10.5 Å². The Balaban J connectivity index is 1.75. The maximum atomic E-state index is 12.8. The van der Waals surface area contributed by atoms with Gasteiger partial charge in [-0.1, -0.05) is 22.8 Å². The number of hydrogen-bond acceptors (Lipinski definition) is 4. The summed E-state index contributed by atoms with van der Waals surface area (Å²) < 4.78 is 49.1. The zero-order valence-corrected chi connectivity index (χ0v) is 15.3. The van der Waals surface area contributed by atoms with Crippen LogP contribution in [0.25, 0.3) is 0 Å². The molecule has 2 aromatic carbocycles. The zero-order valence-electron chi connectivity index (χ0n) is 14.5. The lowest BCUT2D eigenvalue weighted by Crippen LogP contribution is -2.16. The Labute approximate surface area is 163 Å². The highest BCUT2D eigenvalue weighted by Gasteiger charge is 2.30. The number of nitrogens with zero attached hydrogens (tertiary/aromatic N) is 1. The summed E-state index contributed by atoms with van der Waals surface area (Å²) in [6.07, 6.45) is -4.51. The Morgan fingerprint density at radius 2 is 1.93 bits per heavy atom. The Morgan fingerprint density at radius 3 is 2.61 bits per heavy atom. The number of carbonyl (C=O) groups is 1. The first-order valence-corrected chi connectivity index (χ1v) is 8.44. The molecule has 1 heterocycles. The van der Waals surface area contributed by atoms with E-state index >= 15 is 0 Å². The number of benzene rings is 2. The fourth-order valence-electron chi connectivity index (χ4n) is 2.39. The fourth-order valence-corrected chi connectivity index (χ4v) is 2.52. The Kier molecular flexibility index (Phi) is 5.60. The monoisotopic (exact) mass is 410 g/mol. The van der Waals surface area contributed by atoms with E-state index in [1.807, 2.05) is 0 Å². The largest absolute Gasteiger partial charge is 0.489 e. The van der Waals surface area contributed by atoms with Gasteiger partial charge in [0.2, 0.25) is 0 Å². The van der Waals surface area contributed by atoms with Gasteiger partial charge in [-0.25, -0.2) is 0 Å². The van der Waals surface area contributed by atoms with E-state index in [1.54, 1.807) is 31.2 Å². The molecular formula is C19H14ClF3N2O3. The number of amides is 1. The van der Waals surface area contributed by atoms with Gasteiger partial charge in [-0.05, 0) is 49.4 Å². The summed E-state index contributed by atoms with van der Waals surface area (Å²) >= 11 is 5.82. The second-order valence-electron chi connectivity index (χ2n) is 5.84. The van der Waals surface area contributed by atoms with Crippen molar-refractivity contribution in [3.05, 3.63) is 76.1 Å². The van der Waals surface area contributed by atoms with Crippen LogP contribution in [0.5, 0.6) is 5.75 Å². The second kappa shape index (κ2) is 7.93. The third kappa shape index (κ3) is 4.64. The highest BCUT2D eigenvalue weighted by molar-refractivity contribution is 6.30. The maximum absolute atomic E-state index is 12.8. The molecule has 3 rings (SSSR count). The third-order valence-electron chi connectivity index (χ3n) is 3.84. The van der Waals surface area contributed by atoms with Gasteiger partial charge in [-0.3, -0.25) is 4.79 Å². The number of carbonyl (C=O) groups excluding carboxylic acids is 1. The summed E-state index contributed by atoms with van der Waals surface area (Å²) in [5.74, 6) is 0.184. The van der Waals surface area contributed by atoms with Crippen LogP contribution in [-0.4, -0.2) is 11.1 Å². The van der Waals surface area contributed by atoms with Gasteiger partial charge in [0.05, 0.1) is 11.1 Å². The summed E-state index contributed by atoms with van der Waals surface area (Å²) in [6.45, 7) is 1.59. The third-order valence-corrected chi connectivity index (χ3v) is 4.10. The maximum Gasteiger partial charge on any atom is 0.416 e. The van der Waals surface area contributed by atoms with E-state index in [0.717, 1.165) is 12.1 Å². The van der Waals surface area contributed by atoms with Crippen LogP contribution >= 0.6 is 11.6 Å². The van der Waals surface area contributed by atoms with E-state index in [0.29, 0.717) is 22.1 Å². The van der Waals surface area contributed by atoms with Crippen LogP contribution in [0.3, 0.4) is 0 Å². The number of anilines is 1.